The SMILES string of the molecule is C[C@]1(O)C[C@@H](C[C@](C)(O)[C@@H]2COc3ccc4ccc(=O)oc4c3O2)OC1=O. The summed E-state index contributed by atoms with van der Waals surface area (Å²) in [6.45, 7) is 3.00. The summed E-state index contributed by atoms with van der Waals surface area (Å²) in [5, 5.41) is 21.6. The Morgan fingerprint density at radius 1 is 1.22 bits per heavy atom. The second-order valence-corrected chi connectivity index (χ2v) is 7.55. The summed E-state index contributed by atoms with van der Waals surface area (Å²) in [6, 6.07) is 6.39. The molecule has 8 nitrogen and oxygen atoms in total. The first-order valence-corrected chi connectivity index (χ1v) is 8.68. The zero-order valence-corrected chi connectivity index (χ0v) is 14.9. The van der Waals surface area contributed by atoms with Gasteiger partial charge in [0.25, 0.3) is 0 Å². The van der Waals surface area contributed by atoms with Gasteiger partial charge in [-0.3, -0.25) is 0 Å². The van der Waals surface area contributed by atoms with Crippen LogP contribution in [0.2, 0.25) is 0 Å². The molecule has 0 unspecified atom stereocenters. The van der Waals surface area contributed by atoms with Crippen LogP contribution in [0.1, 0.15) is 26.7 Å². The highest BCUT2D eigenvalue weighted by molar-refractivity contribution is 5.85. The maximum atomic E-state index is 11.7. The Bertz CT molecular complexity index is 958. The molecule has 0 aliphatic carbocycles. The van der Waals surface area contributed by atoms with E-state index in [0.717, 1.165) is 0 Å². The Balaban J connectivity index is 1.59. The second kappa shape index (κ2) is 5.97. The van der Waals surface area contributed by atoms with Gasteiger partial charge in [-0.05, 0) is 32.0 Å². The van der Waals surface area contributed by atoms with E-state index >= 15 is 0 Å². The normalized spacial score (nSPS) is 29.4. The van der Waals surface area contributed by atoms with Crippen molar-refractivity contribution in [2.75, 3.05) is 6.61 Å². The molecular weight excluding hydrogens is 356 g/mol. The Labute approximate surface area is 154 Å². The number of hydrogen-bond donors (Lipinski definition) is 2. The molecule has 2 aliphatic rings. The number of carbonyl (C=O) groups excluding carboxylic acids is 1. The van der Waals surface area contributed by atoms with Crippen LogP contribution in [-0.2, 0) is 9.53 Å². The van der Waals surface area contributed by atoms with E-state index in [-0.39, 0.29) is 30.8 Å². The number of aliphatic hydroxyl groups is 2. The van der Waals surface area contributed by atoms with Crippen molar-refractivity contribution in [1.82, 2.24) is 0 Å². The monoisotopic (exact) mass is 376 g/mol. The molecule has 0 saturated carbocycles. The van der Waals surface area contributed by atoms with Crippen molar-refractivity contribution in [3.63, 3.8) is 0 Å². The van der Waals surface area contributed by atoms with Crippen molar-refractivity contribution in [3.05, 3.63) is 34.7 Å². The smallest absolute Gasteiger partial charge is 0.338 e. The first kappa shape index (κ1) is 17.8. The van der Waals surface area contributed by atoms with Crippen LogP contribution >= 0.6 is 0 Å². The number of fused-ring (bicyclic) bond motifs is 3. The lowest BCUT2D eigenvalue weighted by molar-refractivity contribution is -0.156. The van der Waals surface area contributed by atoms with Gasteiger partial charge in [-0.1, -0.05) is 0 Å². The number of carbonyl (C=O) groups is 1. The third-order valence-electron chi connectivity index (χ3n) is 5.03. The van der Waals surface area contributed by atoms with E-state index in [1.807, 2.05) is 0 Å². The highest BCUT2D eigenvalue weighted by Gasteiger charge is 2.48. The van der Waals surface area contributed by atoms with Crippen LogP contribution in [0, 0.1) is 0 Å². The topological polar surface area (TPSA) is 115 Å². The molecule has 1 aromatic carbocycles. The molecular formula is C19H20O8. The fourth-order valence-corrected chi connectivity index (χ4v) is 3.52. The van der Waals surface area contributed by atoms with Gasteiger partial charge in [-0.15, -0.1) is 0 Å². The molecule has 3 heterocycles. The molecule has 2 aliphatic heterocycles. The van der Waals surface area contributed by atoms with Crippen molar-refractivity contribution in [2.24, 2.45) is 0 Å². The van der Waals surface area contributed by atoms with Crippen LogP contribution in [0.3, 0.4) is 0 Å². The Kier molecular flexibility index (Phi) is 3.94. The lowest BCUT2D eigenvalue weighted by Gasteiger charge is -2.37. The average molecular weight is 376 g/mol. The summed E-state index contributed by atoms with van der Waals surface area (Å²) in [6.07, 6.45) is -1.28. The minimum atomic E-state index is -1.56. The minimum absolute atomic E-state index is 0.0625. The maximum absolute atomic E-state index is 11.7. The van der Waals surface area contributed by atoms with Crippen LogP contribution in [0.4, 0.5) is 0 Å². The van der Waals surface area contributed by atoms with Crippen molar-refractivity contribution >= 4 is 16.9 Å². The summed E-state index contributed by atoms with van der Waals surface area (Å²) in [5.74, 6) is -0.0431. The standard InChI is InChI=1S/C19H20O8/c1-18(22,7-11-8-19(2,23)17(21)25-11)13-9-24-12-5-3-10-4-6-14(20)27-15(10)16(12)26-13/h3-6,11,13,22-23H,7-9H2,1-2H3/t11-,13+,18+,19+/m1/s1. The molecule has 1 saturated heterocycles. The fraction of sp³-hybridized carbons (Fsp3) is 0.474. The lowest BCUT2D eigenvalue weighted by Crippen LogP contribution is -2.50. The molecule has 4 rings (SSSR count). The highest BCUT2D eigenvalue weighted by Crippen LogP contribution is 2.41. The zero-order chi connectivity index (χ0) is 19.4. The van der Waals surface area contributed by atoms with Gasteiger partial charge in [0.05, 0.1) is 0 Å². The second-order valence-electron chi connectivity index (χ2n) is 7.55. The minimum Gasteiger partial charge on any atom is -0.486 e. The van der Waals surface area contributed by atoms with Crippen LogP contribution < -0.4 is 15.1 Å². The van der Waals surface area contributed by atoms with Crippen molar-refractivity contribution < 1.29 is 33.6 Å². The third-order valence-corrected chi connectivity index (χ3v) is 5.03. The number of benzene rings is 1. The van der Waals surface area contributed by atoms with Gasteiger partial charge < -0.3 is 28.8 Å². The number of hydrogen-bond acceptors (Lipinski definition) is 8. The quantitative estimate of drug-likeness (QED) is 0.605. The van der Waals surface area contributed by atoms with E-state index in [1.54, 1.807) is 25.1 Å². The molecule has 2 aromatic rings. The molecule has 0 amide bonds. The van der Waals surface area contributed by atoms with Gasteiger partial charge in [0, 0.05) is 24.3 Å². The first-order valence-electron chi connectivity index (χ1n) is 8.68. The van der Waals surface area contributed by atoms with Crippen LogP contribution in [-0.4, -0.2) is 46.2 Å². The van der Waals surface area contributed by atoms with E-state index in [9.17, 15) is 19.8 Å². The molecule has 27 heavy (non-hydrogen) atoms. The lowest BCUT2D eigenvalue weighted by atomic mass is 9.89. The van der Waals surface area contributed by atoms with Gasteiger partial charge in [0.15, 0.2) is 23.0 Å². The molecule has 0 radical (unpaired) electrons. The Morgan fingerprint density at radius 3 is 2.67 bits per heavy atom. The summed E-state index contributed by atoms with van der Waals surface area (Å²) < 4.78 is 22.0. The molecule has 2 N–H and O–H groups in total. The number of ether oxygens (including phenoxy) is 3. The molecule has 0 bridgehead atoms. The summed E-state index contributed by atoms with van der Waals surface area (Å²) in [7, 11) is 0. The van der Waals surface area contributed by atoms with E-state index in [1.165, 1.54) is 13.0 Å². The van der Waals surface area contributed by atoms with Crippen LogP contribution in [0.15, 0.2) is 33.5 Å². The van der Waals surface area contributed by atoms with Crippen molar-refractivity contribution in [2.45, 2.75) is 50.1 Å². The van der Waals surface area contributed by atoms with E-state index in [2.05, 4.69) is 0 Å². The van der Waals surface area contributed by atoms with Gasteiger partial charge >= 0.3 is 11.6 Å². The summed E-state index contributed by atoms with van der Waals surface area (Å²) in [5.41, 5.74) is -3.25. The first-order chi connectivity index (χ1) is 12.7. The van der Waals surface area contributed by atoms with Crippen molar-refractivity contribution in [1.29, 1.82) is 0 Å². The van der Waals surface area contributed by atoms with E-state index < -0.39 is 35.0 Å². The van der Waals surface area contributed by atoms with Crippen LogP contribution in [0.25, 0.3) is 11.0 Å². The predicted molar refractivity (Wildman–Crippen MR) is 92.8 cm³/mol. The van der Waals surface area contributed by atoms with Crippen LogP contribution in [0.5, 0.6) is 11.5 Å². The number of cyclic esters (lactones) is 1. The van der Waals surface area contributed by atoms with Gasteiger partial charge in [0.2, 0.25) is 5.75 Å². The Hall–Kier alpha value is -2.58. The maximum Gasteiger partial charge on any atom is 0.338 e. The van der Waals surface area contributed by atoms with Crippen molar-refractivity contribution in [3.8, 4) is 11.5 Å². The third kappa shape index (κ3) is 3.15. The zero-order valence-electron chi connectivity index (χ0n) is 14.9. The Morgan fingerprint density at radius 2 is 1.96 bits per heavy atom. The molecule has 1 fully saturated rings. The van der Waals surface area contributed by atoms with Gasteiger partial charge in [-0.25, -0.2) is 9.59 Å². The predicted octanol–water partition coefficient (Wildman–Crippen LogP) is 1.14. The highest BCUT2D eigenvalue weighted by atomic mass is 16.6. The van der Waals surface area contributed by atoms with Gasteiger partial charge in [0.1, 0.15) is 18.3 Å². The van der Waals surface area contributed by atoms with Gasteiger partial charge in [-0.2, -0.15) is 0 Å². The number of esters is 1. The van der Waals surface area contributed by atoms with E-state index in [0.29, 0.717) is 11.1 Å². The largest absolute Gasteiger partial charge is 0.486 e. The molecule has 8 heteroatoms. The fourth-order valence-electron chi connectivity index (χ4n) is 3.52. The summed E-state index contributed by atoms with van der Waals surface area (Å²) >= 11 is 0. The van der Waals surface area contributed by atoms with E-state index in [4.69, 9.17) is 18.6 Å². The molecule has 144 valence electrons. The molecule has 4 atom stereocenters. The average Bonchev–Trinajstić information content (AvgIpc) is 2.85. The molecule has 0 spiro atoms. The number of rotatable bonds is 3. The molecule has 1 aromatic heterocycles. The summed E-state index contributed by atoms with van der Waals surface area (Å²) in [4.78, 5) is 23.2.